The summed E-state index contributed by atoms with van der Waals surface area (Å²) in [5.74, 6) is 2.71. The van der Waals surface area contributed by atoms with Crippen molar-refractivity contribution in [2.24, 2.45) is 4.99 Å². The lowest BCUT2D eigenvalue weighted by Crippen LogP contribution is -2.36. The van der Waals surface area contributed by atoms with Crippen molar-refractivity contribution < 1.29 is 4.74 Å². The molecule has 0 amide bonds. The van der Waals surface area contributed by atoms with Gasteiger partial charge in [0.25, 0.3) is 0 Å². The van der Waals surface area contributed by atoms with E-state index in [1.165, 1.54) is 25.7 Å². The standard InChI is InChI=1S/C22H31N5O/c1-23-22(26-17-19-9-5-6-10-20(19)28-2)25-16-18-11-12-21(24-15-18)27-13-7-3-4-8-14-27/h5-6,9-12,15H,3-4,7-8,13-14,16-17H2,1-2H3,(H2,23,25,26). The topological polar surface area (TPSA) is 61.8 Å². The van der Waals surface area contributed by atoms with Gasteiger partial charge in [0.2, 0.25) is 0 Å². The Balaban J connectivity index is 1.50. The van der Waals surface area contributed by atoms with E-state index >= 15 is 0 Å². The number of benzene rings is 1. The summed E-state index contributed by atoms with van der Waals surface area (Å²) < 4.78 is 5.40. The van der Waals surface area contributed by atoms with Gasteiger partial charge in [0.15, 0.2) is 5.96 Å². The van der Waals surface area contributed by atoms with Gasteiger partial charge in [-0.25, -0.2) is 4.98 Å². The Morgan fingerprint density at radius 1 is 1.04 bits per heavy atom. The van der Waals surface area contributed by atoms with Crippen molar-refractivity contribution in [1.82, 2.24) is 15.6 Å². The van der Waals surface area contributed by atoms with Crippen LogP contribution in [-0.2, 0) is 13.1 Å². The van der Waals surface area contributed by atoms with E-state index in [4.69, 9.17) is 4.74 Å². The van der Waals surface area contributed by atoms with Gasteiger partial charge in [-0.15, -0.1) is 0 Å². The average Bonchev–Trinajstić information content (AvgIpc) is 3.04. The SMILES string of the molecule is CN=C(NCc1ccc(N2CCCCCC2)nc1)NCc1ccccc1OC. The van der Waals surface area contributed by atoms with E-state index in [1.807, 2.05) is 30.5 Å². The van der Waals surface area contributed by atoms with Crippen molar-refractivity contribution in [2.75, 3.05) is 32.1 Å². The molecule has 0 aliphatic carbocycles. The molecule has 0 unspecified atom stereocenters. The monoisotopic (exact) mass is 381 g/mol. The maximum Gasteiger partial charge on any atom is 0.191 e. The normalized spacial score (nSPS) is 15.1. The molecule has 0 bridgehead atoms. The summed E-state index contributed by atoms with van der Waals surface area (Å²) >= 11 is 0. The molecule has 1 aromatic heterocycles. The average molecular weight is 382 g/mol. The quantitative estimate of drug-likeness (QED) is 0.594. The van der Waals surface area contributed by atoms with Crippen LogP contribution in [0.3, 0.4) is 0 Å². The summed E-state index contributed by atoms with van der Waals surface area (Å²) in [5.41, 5.74) is 2.23. The van der Waals surface area contributed by atoms with Crippen molar-refractivity contribution in [3.05, 3.63) is 53.7 Å². The highest BCUT2D eigenvalue weighted by molar-refractivity contribution is 5.79. The lowest BCUT2D eigenvalue weighted by molar-refractivity contribution is 0.409. The Morgan fingerprint density at radius 2 is 1.79 bits per heavy atom. The van der Waals surface area contributed by atoms with Crippen LogP contribution in [0, 0.1) is 0 Å². The zero-order valence-corrected chi connectivity index (χ0v) is 16.9. The number of pyridine rings is 1. The maximum atomic E-state index is 5.40. The van der Waals surface area contributed by atoms with Crippen LogP contribution in [0.1, 0.15) is 36.8 Å². The van der Waals surface area contributed by atoms with Gasteiger partial charge in [0.1, 0.15) is 11.6 Å². The molecule has 150 valence electrons. The summed E-state index contributed by atoms with van der Waals surface area (Å²) in [7, 11) is 3.46. The number of methoxy groups -OCH3 is 1. The largest absolute Gasteiger partial charge is 0.496 e. The Bertz CT molecular complexity index is 752. The number of guanidine groups is 1. The highest BCUT2D eigenvalue weighted by atomic mass is 16.5. The van der Waals surface area contributed by atoms with E-state index in [1.54, 1.807) is 14.2 Å². The first kappa shape index (κ1) is 20.0. The van der Waals surface area contributed by atoms with Crippen molar-refractivity contribution in [3.8, 4) is 5.75 Å². The highest BCUT2D eigenvalue weighted by Crippen LogP contribution is 2.18. The van der Waals surface area contributed by atoms with Gasteiger partial charge < -0.3 is 20.3 Å². The molecule has 1 aromatic carbocycles. The predicted molar refractivity (Wildman–Crippen MR) is 115 cm³/mol. The van der Waals surface area contributed by atoms with Gasteiger partial charge in [-0.05, 0) is 30.5 Å². The first-order valence-corrected chi connectivity index (χ1v) is 10.1. The van der Waals surface area contributed by atoms with Crippen molar-refractivity contribution in [2.45, 2.75) is 38.8 Å². The zero-order chi connectivity index (χ0) is 19.6. The Morgan fingerprint density at radius 3 is 2.46 bits per heavy atom. The summed E-state index contributed by atoms with van der Waals surface area (Å²) in [6, 6.07) is 12.3. The molecule has 0 radical (unpaired) electrons. The molecule has 1 fully saturated rings. The molecule has 1 saturated heterocycles. The molecule has 1 aliphatic rings. The number of ether oxygens (including phenoxy) is 1. The van der Waals surface area contributed by atoms with Gasteiger partial charge in [0.05, 0.1) is 7.11 Å². The third-order valence-corrected chi connectivity index (χ3v) is 5.06. The molecule has 6 nitrogen and oxygen atoms in total. The van der Waals surface area contributed by atoms with Gasteiger partial charge in [-0.3, -0.25) is 4.99 Å². The molecule has 0 atom stereocenters. The molecule has 2 aromatic rings. The lowest BCUT2D eigenvalue weighted by Gasteiger charge is -2.21. The molecule has 3 rings (SSSR count). The molecule has 2 N–H and O–H groups in total. The van der Waals surface area contributed by atoms with E-state index in [9.17, 15) is 0 Å². The number of aliphatic imine (C=N–C) groups is 1. The summed E-state index contributed by atoms with van der Waals surface area (Å²) in [6.45, 7) is 3.56. The highest BCUT2D eigenvalue weighted by Gasteiger charge is 2.11. The Labute approximate surface area is 168 Å². The first-order valence-electron chi connectivity index (χ1n) is 10.1. The molecular formula is C22H31N5O. The predicted octanol–water partition coefficient (Wildman–Crippen LogP) is 3.34. The van der Waals surface area contributed by atoms with E-state index in [0.717, 1.165) is 41.7 Å². The second-order valence-electron chi connectivity index (χ2n) is 7.02. The molecular weight excluding hydrogens is 350 g/mol. The van der Waals surface area contributed by atoms with Crippen LogP contribution >= 0.6 is 0 Å². The van der Waals surface area contributed by atoms with Crippen molar-refractivity contribution in [3.63, 3.8) is 0 Å². The fourth-order valence-electron chi connectivity index (χ4n) is 3.44. The maximum absolute atomic E-state index is 5.40. The fourth-order valence-corrected chi connectivity index (χ4v) is 3.44. The first-order chi connectivity index (χ1) is 13.8. The van der Waals surface area contributed by atoms with Gasteiger partial charge >= 0.3 is 0 Å². The molecule has 0 saturated carbocycles. The lowest BCUT2D eigenvalue weighted by atomic mass is 10.2. The Kier molecular flexibility index (Phi) is 7.53. The summed E-state index contributed by atoms with van der Waals surface area (Å²) in [6.07, 6.45) is 7.15. The van der Waals surface area contributed by atoms with Crippen LogP contribution in [-0.4, -0.2) is 38.2 Å². The van der Waals surface area contributed by atoms with Gasteiger partial charge in [-0.2, -0.15) is 0 Å². The third kappa shape index (κ3) is 5.62. The second kappa shape index (κ2) is 10.5. The smallest absolute Gasteiger partial charge is 0.191 e. The molecule has 2 heterocycles. The third-order valence-electron chi connectivity index (χ3n) is 5.06. The molecule has 6 heteroatoms. The van der Waals surface area contributed by atoms with Crippen LogP contribution in [0.15, 0.2) is 47.6 Å². The molecule has 1 aliphatic heterocycles. The van der Waals surface area contributed by atoms with Gasteiger partial charge in [-0.1, -0.05) is 37.1 Å². The molecule has 28 heavy (non-hydrogen) atoms. The van der Waals surface area contributed by atoms with E-state index < -0.39 is 0 Å². The van der Waals surface area contributed by atoms with E-state index in [-0.39, 0.29) is 0 Å². The Hall–Kier alpha value is -2.76. The minimum absolute atomic E-state index is 0.649. The van der Waals surface area contributed by atoms with Crippen LogP contribution in [0.25, 0.3) is 0 Å². The number of aromatic nitrogens is 1. The van der Waals surface area contributed by atoms with E-state index in [0.29, 0.717) is 13.1 Å². The zero-order valence-electron chi connectivity index (χ0n) is 16.9. The number of anilines is 1. The number of rotatable bonds is 6. The minimum Gasteiger partial charge on any atom is -0.496 e. The number of hydrogen-bond acceptors (Lipinski definition) is 4. The minimum atomic E-state index is 0.649. The summed E-state index contributed by atoms with van der Waals surface area (Å²) in [4.78, 5) is 11.4. The number of para-hydroxylation sites is 1. The van der Waals surface area contributed by atoms with Gasteiger partial charge in [0, 0.05) is 45.0 Å². The van der Waals surface area contributed by atoms with Crippen LogP contribution in [0.5, 0.6) is 5.75 Å². The van der Waals surface area contributed by atoms with E-state index in [2.05, 4.69) is 37.6 Å². The number of nitrogens with one attached hydrogen (secondary N) is 2. The second-order valence-corrected chi connectivity index (χ2v) is 7.02. The van der Waals surface area contributed by atoms with Crippen molar-refractivity contribution in [1.29, 1.82) is 0 Å². The molecule has 0 spiro atoms. The number of hydrogen-bond donors (Lipinski definition) is 2. The van der Waals surface area contributed by atoms with Crippen LogP contribution < -0.4 is 20.3 Å². The van der Waals surface area contributed by atoms with Crippen LogP contribution in [0.4, 0.5) is 5.82 Å². The number of nitrogens with zero attached hydrogens (tertiary/aromatic N) is 3. The van der Waals surface area contributed by atoms with Crippen molar-refractivity contribution >= 4 is 11.8 Å². The summed E-state index contributed by atoms with van der Waals surface area (Å²) in [5, 5.41) is 6.68. The fraction of sp³-hybridized carbons (Fsp3) is 0.455. The van der Waals surface area contributed by atoms with Crippen LogP contribution in [0.2, 0.25) is 0 Å².